The van der Waals surface area contributed by atoms with E-state index >= 15 is 0 Å². The van der Waals surface area contributed by atoms with Crippen LogP contribution < -0.4 is 20.1 Å². The molecule has 140 valence electrons. The normalized spacial score (nSPS) is 19.3. The highest BCUT2D eigenvalue weighted by Gasteiger charge is 2.25. The predicted molar refractivity (Wildman–Crippen MR) is 98.9 cm³/mol. The molecule has 0 spiro atoms. The van der Waals surface area contributed by atoms with Gasteiger partial charge < -0.3 is 25.2 Å². The summed E-state index contributed by atoms with van der Waals surface area (Å²) in [6, 6.07) is 5.07. The summed E-state index contributed by atoms with van der Waals surface area (Å²) in [7, 11) is 1.54. The fourth-order valence-electron chi connectivity index (χ4n) is 2.81. The molecule has 3 rings (SSSR count). The first kappa shape index (κ1) is 18.6. The van der Waals surface area contributed by atoms with Gasteiger partial charge in [0.2, 0.25) is 0 Å². The molecule has 0 saturated carbocycles. The Balaban J connectivity index is 1.60. The van der Waals surface area contributed by atoms with Crippen LogP contribution in [0.5, 0.6) is 11.5 Å². The lowest BCUT2D eigenvalue weighted by Gasteiger charge is -2.15. The molecule has 26 heavy (non-hydrogen) atoms. The molecule has 0 bridgehead atoms. The van der Waals surface area contributed by atoms with E-state index in [9.17, 15) is 9.90 Å². The van der Waals surface area contributed by atoms with Crippen molar-refractivity contribution in [3.05, 3.63) is 39.8 Å². The minimum absolute atomic E-state index is 0.0324. The van der Waals surface area contributed by atoms with Crippen LogP contribution in [0.15, 0.2) is 23.6 Å². The molecule has 1 aromatic heterocycles. The monoisotopic (exact) mass is 377 g/mol. The number of aromatic nitrogens is 1. The Bertz CT molecular complexity index is 765. The van der Waals surface area contributed by atoms with Crippen LogP contribution in [0, 0.1) is 12.8 Å². The number of β-amino-alcohol motifs (C(OH)–C–C–N with tert-alkyl or cyclic N) is 1. The van der Waals surface area contributed by atoms with Crippen molar-refractivity contribution in [3.63, 3.8) is 0 Å². The first-order valence-electron chi connectivity index (χ1n) is 8.45. The smallest absolute Gasteiger partial charge is 0.251 e. The molecule has 2 atom stereocenters. The Labute approximate surface area is 156 Å². The predicted octanol–water partition coefficient (Wildman–Crippen LogP) is 1.35. The SMILES string of the molecule is COc1cc(C(=O)NC[C@@H]2CNC[C@@H]2O)ccc1OCc1csc(C)n1. The number of nitrogens with zero attached hydrogens (tertiary/aromatic N) is 1. The number of carbonyl (C=O) groups is 1. The van der Waals surface area contributed by atoms with E-state index in [4.69, 9.17) is 9.47 Å². The van der Waals surface area contributed by atoms with Gasteiger partial charge >= 0.3 is 0 Å². The van der Waals surface area contributed by atoms with Crippen LogP contribution in [0.4, 0.5) is 0 Å². The van der Waals surface area contributed by atoms with E-state index < -0.39 is 6.10 Å². The van der Waals surface area contributed by atoms with Crippen molar-refractivity contribution in [1.29, 1.82) is 0 Å². The molecule has 8 heteroatoms. The largest absolute Gasteiger partial charge is 0.493 e. The molecule has 1 saturated heterocycles. The number of nitrogens with one attached hydrogen (secondary N) is 2. The summed E-state index contributed by atoms with van der Waals surface area (Å²) >= 11 is 1.57. The lowest BCUT2D eigenvalue weighted by molar-refractivity contribution is 0.0926. The molecule has 0 radical (unpaired) electrons. The summed E-state index contributed by atoms with van der Waals surface area (Å²) in [5, 5.41) is 18.7. The van der Waals surface area contributed by atoms with Gasteiger partial charge in [-0.1, -0.05) is 0 Å². The van der Waals surface area contributed by atoms with Crippen molar-refractivity contribution in [2.24, 2.45) is 5.92 Å². The minimum atomic E-state index is -0.421. The summed E-state index contributed by atoms with van der Waals surface area (Å²) in [5.41, 5.74) is 1.35. The van der Waals surface area contributed by atoms with Gasteiger partial charge in [-0.15, -0.1) is 11.3 Å². The molecule has 7 nitrogen and oxygen atoms in total. The molecule has 0 aliphatic carbocycles. The zero-order valence-electron chi connectivity index (χ0n) is 14.8. The number of thiazole rings is 1. The van der Waals surface area contributed by atoms with Crippen LogP contribution in [-0.4, -0.2) is 48.8 Å². The molecule has 3 N–H and O–H groups in total. The fraction of sp³-hybridized carbons (Fsp3) is 0.444. The Hall–Kier alpha value is -2.16. The number of benzene rings is 1. The van der Waals surface area contributed by atoms with Gasteiger partial charge in [0.1, 0.15) is 6.61 Å². The second kappa shape index (κ2) is 8.48. The second-order valence-corrected chi connectivity index (χ2v) is 7.27. The van der Waals surface area contributed by atoms with Crippen molar-refractivity contribution in [3.8, 4) is 11.5 Å². The van der Waals surface area contributed by atoms with Gasteiger partial charge in [-0.2, -0.15) is 0 Å². The lowest BCUT2D eigenvalue weighted by Crippen LogP contribution is -2.34. The Morgan fingerprint density at radius 1 is 1.42 bits per heavy atom. The molecule has 1 aliphatic heterocycles. The van der Waals surface area contributed by atoms with Crippen molar-refractivity contribution in [2.75, 3.05) is 26.7 Å². The maximum absolute atomic E-state index is 12.4. The third-order valence-corrected chi connectivity index (χ3v) is 5.12. The van der Waals surface area contributed by atoms with Crippen molar-refractivity contribution >= 4 is 17.2 Å². The number of hydrogen-bond donors (Lipinski definition) is 3. The number of aryl methyl sites for hydroxylation is 1. The Kier molecular flexibility index (Phi) is 6.08. The van der Waals surface area contributed by atoms with E-state index in [1.807, 2.05) is 12.3 Å². The number of ether oxygens (including phenoxy) is 2. The zero-order chi connectivity index (χ0) is 18.5. The van der Waals surface area contributed by atoms with Crippen LogP contribution in [0.3, 0.4) is 0 Å². The maximum Gasteiger partial charge on any atom is 0.251 e. The molecule has 1 aliphatic rings. The summed E-state index contributed by atoms with van der Waals surface area (Å²) in [5.74, 6) is 0.881. The van der Waals surface area contributed by atoms with E-state index in [0.29, 0.717) is 43.3 Å². The number of amides is 1. The minimum Gasteiger partial charge on any atom is -0.493 e. The standard InChI is InChI=1S/C18H23N3O4S/c1-11-21-14(10-26-11)9-25-16-4-3-12(5-17(16)24-2)18(23)20-7-13-6-19-8-15(13)22/h3-5,10,13,15,19,22H,6-9H2,1-2H3,(H,20,23)/t13-,15-/m0/s1. The first-order valence-corrected chi connectivity index (χ1v) is 9.33. The van der Waals surface area contributed by atoms with Crippen LogP contribution >= 0.6 is 11.3 Å². The van der Waals surface area contributed by atoms with Crippen molar-refractivity contribution < 1.29 is 19.4 Å². The zero-order valence-corrected chi connectivity index (χ0v) is 15.6. The van der Waals surface area contributed by atoms with Gasteiger partial charge in [-0.25, -0.2) is 4.98 Å². The van der Waals surface area contributed by atoms with Crippen LogP contribution in [-0.2, 0) is 6.61 Å². The topological polar surface area (TPSA) is 92.7 Å². The number of aliphatic hydroxyl groups is 1. The third kappa shape index (κ3) is 4.51. The van der Waals surface area contributed by atoms with Crippen LogP contribution in [0.2, 0.25) is 0 Å². The molecule has 1 fully saturated rings. The second-order valence-electron chi connectivity index (χ2n) is 6.21. The summed E-state index contributed by atoms with van der Waals surface area (Å²) < 4.78 is 11.1. The first-order chi connectivity index (χ1) is 12.6. The van der Waals surface area contributed by atoms with Gasteiger partial charge in [0, 0.05) is 36.5 Å². The fourth-order valence-corrected chi connectivity index (χ4v) is 3.40. The highest BCUT2D eigenvalue weighted by molar-refractivity contribution is 7.09. The van der Waals surface area contributed by atoms with Crippen molar-refractivity contribution in [2.45, 2.75) is 19.6 Å². The van der Waals surface area contributed by atoms with Crippen molar-refractivity contribution in [1.82, 2.24) is 15.6 Å². The Morgan fingerprint density at radius 3 is 2.92 bits per heavy atom. The number of methoxy groups -OCH3 is 1. The molecule has 1 aromatic carbocycles. The average Bonchev–Trinajstić information content (AvgIpc) is 3.25. The van der Waals surface area contributed by atoms with Gasteiger partial charge in [0.15, 0.2) is 11.5 Å². The maximum atomic E-state index is 12.4. The molecular weight excluding hydrogens is 354 g/mol. The lowest BCUT2D eigenvalue weighted by atomic mass is 10.1. The third-order valence-electron chi connectivity index (χ3n) is 4.30. The van der Waals surface area contributed by atoms with E-state index in [2.05, 4.69) is 15.6 Å². The van der Waals surface area contributed by atoms with Gasteiger partial charge in [0.05, 0.1) is 23.9 Å². The number of carbonyl (C=O) groups excluding carboxylic acids is 1. The van der Waals surface area contributed by atoms with E-state index in [0.717, 1.165) is 10.7 Å². The highest BCUT2D eigenvalue weighted by atomic mass is 32.1. The molecule has 2 aromatic rings. The molecule has 1 amide bonds. The highest BCUT2D eigenvalue weighted by Crippen LogP contribution is 2.29. The van der Waals surface area contributed by atoms with Crippen LogP contribution in [0.25, 0.3) is 0 Å². The molecule has 2 heterocycles. The number of hydrogen-bond acceptors (Lipinski definition) is 7. The molecule has 0 unspecified atom stereocenters. The van der Waals surface area contributed by atoms with Gasteiger partial charge in [0.25, 0.3) is 5.91 Å². The molecular formula is C18H23N3O4S. The average molecular weight is 377 g/mol. The van der Waals surface area contributed by atoms with Crippen LogP contribution in [0.1, 0.15) is 21.1 Å². The van der Waals surface area contributed by atoms with E-state index in [1.165, 1.54) is 7.11 Å². The Morgan fingerprint density at radius 2 is 2.27 bits per heavy atom. The summed E-state index contributed by atoms with van der Waals surface area (Å²) in [6.45, 7) is 3.99. The quantitative estimate of drug-likeness (QED) is 0.675. The van der Waals surface area contributed by atoms with E-state index in [1.54, 1.807) is 29.5 Å². The van der Waals surface area contributed by atoms with E-state index in [-0.39, 0.29) is 11.8 Å². The van der Waals surface area contributed by atoms with Gasteiger partial charge in [-0.05, 0) is 25.1 Å². The van der Waals surface area contributed by atoms with Gasteiger partial charge in [-0.3, -0.25) is 4.79 Å². The number of aliphatic hydroxyl groups excluding tert-OH is 1. The summed E-state index contributed by atoms with van der Waals surface area (Å²) in [6.07, 6.45) is -0.421. The number of rotatable bonds is 7. The summed E-state index contributed by atoms with van der Waals surface area (Å²) in [4.78, 5) is 16.7.